The number of likely N-dealkylation sites (N-methyl/N-ethyl adjacent to an activating group) is 1. The van der Waals surface area contributed by atoms with Crippen molar-refractivity contribution < 1.29 is 4.79 Å². The van der Waals surface area contributed by atoms with Crippen LogP contribution in [-0.2, 0) is 0 Å². The Morgan fingerprint density at radius 2 is 2.18 bits per heavy atom. The Bertz CT molecular complexity index is 458. The molecule has 90 valence electrons. The third-order valence-corrected chi connectivity index (χ3v) is 3.90. The standard InChI is InChI=1S/C13H17N3O/c1-9(17)12-4-3-5-13(14-12)16-8-10-6-11(16)7-15(10)2/h3-5,10-11H,6-8H2,1-2H3. The number of fused-ring (bicyclic) bond motifs is 2. The number of piperazine rings is 1. The average Bonchev–Trinajstić information content (AvgIpc) is 2.87. The molecule has 4 nitrogen and oxygen atoms in total. The highest BCUT2D eigenvalue weighted by Crippen LogP contribution is 2.32. The van der Waals surface area contributed by atoms with Gasteiger partial charge in [0.05, 0.1) is 0 Å². The van der Waals surface area contributed by atoms with Crippen LogP contribution in [-0.4, -0.2) is 47.9 Å². The molecule has 4 heteroatoms. The summed E-state index contributed by atoms with van der Waals surface area (Å²) in [6.07, 6.45) is 1.22. The van der Waals surface area contributed by atoms with Gasteiger partial charge in [-0.1, -0.05) is 6.07 Å². The molecule has 0 spiro atoms. The molecule has 0 aliphatic carbocycles. The zero-order chi connectivity index (χ0) is 12.0. The van der Waals surface area contributed by atoms with Gasteiger partial charge in [-0.05, 0) is 25.6 Å². The maximum Gasteiger partial charge on any atom is 0.178 e. The fraction of sp³-hybridized carbons (Fsp3) is 0.538. The summed E-state index contributed by atoms with van der Waals surface area (Å²) in [7, 11) is 2.18. The maximum atomic E-state index is 11.3. The molecule has 0 aromatic carbocycles. The topological polar surface area (TPSA) is 36.4 Å². The molecule has 0 saturated carbocycles. The second-order valence-electron chi connectivity index (χ2n) is 5.07. The van der Waals surface area contributed by atoms with Crippen LogP contribution in [0.5, 0.6) is 0 Å². The van der Waals surface area contributed by atoms with Crippen molar-refractivity contribution in [2.75, 3.05) is 25.0 Å². The van der Waals surface area contributed by atoms with Crippen LogP contribution in [0.4, 0.5) is 5.82 Å². The smallest absolute Gasteiger partial charge is 0.178 e. The number of carbonyl (C=O) groups is 1. The zero-order valence-corrected chi connectivity index (χ0v) is 10.3. The molecule has 2 saturated heterocycles. The molecule has 0 N–H and O–H groups in total. The number of hydrogen-bond donors (Lipinski definition) is 0. The van der Waals surface area contributed by atoms with Gasteiger partial charge in [-0.2, -0.15) is 0 Å². The fourth-order valence-corrected chi connectivity index (χ4v) is 2.93. The minimum atomic E-state index is 0.0355. The molecule has 17 heavy (non-hydrogen) atoms. The van der Waals surface area contributed by atoms with Gasteiger partial charge in [0, 0.05) is 32.1 Å². The summed E-state index contributed by atoms with van der Waals surface area (Å²) in [4.78, 5) is 20.5. The van der Waals surface area contributed by atoms with Crippen molar-refractivity contribution >= 4 is 11.6 Å². The highest BCUT2D eigenvalue weighted by atomic mass is 16.1. The van der Waals surface area contributed by atoms with Crippen LogP contribution in [0.1, 0.15) is 23.8 Å². The summed E-state index contributed by atoms with van der Waals surface area (Å²) in [5.74, 6) is 0.992. The molecule has 2 aliphatic heterocycles. The van der Waals surface area contributed by atoms with Crippen LogP contribution in [0.15, 0.2) is 18.2 Å². The number of nitrogens with zero attached hydrogens (tertiary/aromatic N) is 3. The third-order valence-electron chi connectivity index (χ3n) is 3.90. The Hall–Kier alpha value is -1.42. The van der Waals surface area contributed by atoms with Gasteiger partial charge in [-0.3, -0.25) is 9.69 Å². The second kappa shape index (κ2) is 3.81. The molecular weight excluding hydrogens is 214 g/mol. The van der Waals surface area contributed by atoms with E-state index in [4.69, 9.17) is 0 Å². The van der Waals surface area contributed by atoms with E-state index in [2.05, 4.69) is 21.8 Å². The Morgan fingerprint density at radius 1 is 1.35 bits per heavy atom. The van der Waals surface area contributed by atoms with E-state index < -0.39 is 0 Å². The number of rotatable bonds is 2. The fourth-order valence-electron chi connectivity index (χ4n) is 2.93. The largest absolute Gasteiger partial charge is 0.351 e. The number of carbonyl (C=O) groups excluding carboxylic acids is 1. The number of ketones is 1. The monoisotopic (exact) mass is 231 g/mol. The van der Waals surface area contributed by atoms with Crippen LogP contribution in [0.2, 0.25) is 0 Å². The Morgan fingerprint density at radius 3 is 2.76 bits per heavy atom. The van der Waals surface area contributed by atoms with Crippen molar-refractivity contribution in [3.05, 3.63) is 23.9 Å². The lowest BCUT2D eigenvalue weighted by Gasteiger charge is -2.32. The van der Waals surface area contributed by atoms with E-state index in [1.165, 1.54) is 6.42 Å². The van der Waals surface area contributed by atoms with Gasteiger partial charge < -0.3 is 4.90 Å². The van der Waals surface area contributed by atoms with Gasteiger partial charge in [0.15, 0.2) is 5.78 Å². The summed E-state index contributed by atoms with van der Waals surface area (Å²) < 4.78 is 0. The van der Waals surface area contributed by atoms with Crippen LogP contribution < -0.4 is 4.90 Å². The van der Waals surface area contributed by atoms with Crippen molar-refractivity contribution in [3.63, 3.8) is 0 Å². The average molecular weight is 231 g/mol. The first-order chi connectivity index (χ1) is 8.15. The van der Waals surface area contributed by atoms with Crippen molar-refractivity contribution in [3.8, 4) is 0 Å². The molecule has 2 atom stereocenters. The predicted molar refractivity (Wildman–Crippen MR) is 66.4 cm³/mol. The number of anilines is 1. The molecule has 1 aromatic heterocycles. The number of pyridine rings is 1. The predicted octanol–water partition coefficient (Wildman–Crippen LogP) is 1.18. The summed E-state index contributed by atoms with van der Waals surface area (Å²) in [5.41, 5.74) is 0.568. The summed E-state index contributed by atoms with van der Waals surface area (Å²) in [6, 6.07) is 6.94. The van der Waals surface area contributed by atoms with E-state index in [1.54, 1.807) is 13.0 Å². The molecule has 0 amide bonds. The minimum Gasteiger partial charge on any atom is -0.351 e. The molecule has 2 fully saturated rings. The van der Waals surface area contributed by atoms with Crippen molar-refractivity contribution in [2.45, 2.75) is 25.4 Å². The molecule has 2 unspecified atom stereocenters. The Balaban J connectivity index is 1.86. The van der Waals surface area contributed by atoms with E-state index in [0.717, 1.165) is 18.9 Å². The molecule has 0 radical (unpaired) electrons. The highest BCUT2D eigenvalue weighted by molar-refractivity contribution is 5.92. The van der Waals surface area contributed by atoms with E-state index in [1.807, 2.05) is 12.1 Å². The molecule has 3 heterocycles. The lowest BCUT2D eigenvalue weighted by atomic mass is 10.2. The Kier molecular flexibility index (Phi) is 2.40. The number of Topliss-reactive ketones (excluding diaryl/α,β-unsaturated/α-hetero) is 1. The van der Waals surface area contributed by atoms with Crippen LogP contribution >= 0.6 is 0 Å². The maximum absolute atomic E-state index is 11.3. The van der Waals surface area contributed by atoms with Gasteiger partial charge in [0.25, 0.3) is 0 Å². The normalized spacial score (nSPS) is 27.8. The van der Waals surface area contributed by atoms with Gasteiger partial charge in [-0.15, -0.1) is 0 Å². The first kappa shape index (κ1) is 10.7. The van der Waals surface area contributed by atoms with Crippen LogP contribution in [0, 0.1) is 0 Å². The number of hydrogen-bond acceptors (Lipinski definition) is 4. The molecular formula is C13H17N3O. The molecule has 1 aromatic rings. The number of likely N-dealkylation sites (tertiary alicyclic amines) is 1. The van der Waals surface area contributed by atoms with E-state index in [-0.39, 0.29) is 5.78 Å². The summed E-state index contributed by atoms with van der Waals surface area (Å²) in [6.45, 7) is 3.71. The van der Waals surface area contributed by atoms with Crippen molar-refractivity contribution in [1.29, 1.82) is 0 Å². The first-order valence-electron chi connectivity index (χ1n) is 6.10. The first-order valence-corrected chi connectivity index (χ1v) is 6.10. The van der Waals surface area contributed by atoms with Crippen molar-refractivity contribution in [2.24, 2.45) is 0 Å². The van der Waals surface area contributed by atoms with E-state index >= 15 is 0 Å². The quantitative estimate of drug-likeness (QED) is 0.716. The molecule has 2 aliphatic rings. The summed E-state index contributed by atoms with van der Waals surface area (Å²) >= 11 is 0. The number of aromatic nitrogens is 1. The molecule has 2 bridgehead atoms. The van der Waals surface area contributed by atoms with Gasteiger partial charge >= 0.3 is 0 Å². The van der Waals surface area contributed by atoms with Gasteiger partial charge in [-0.25, -0.2) is 4.98 Å². The molecule has 3 rings (SSSR count). The van der Waals surface area contributed by atoms with E-state index in [0.29, 0.717) is 17.8 Å². The SMILES string of the molecule is CC(=O)c1cccc(N2CC3CC2CN3C)n1. The van der Waals surface area contributed by atoms with E-state index in [9.17, 15) is 4.79 Å². The van der Waals surface area contributed by atoms with Crippen LogP contribution in [0.25, 0.3) is 0 Å². The third kappa shape index (κ3) is 1.72. The summed E-state index contributed by atoms with van der Waals surface area (Å²) in [5, 5.41) is 0. The van der Waals surface area contributed by atoms with Gasteiger partial charge in [0.1, 0.15) is 11.5 Å². The minimum absolute atomic E-state index is 0.0355. The zero-order valence-electron chi connectivity index (χ0n) is 10.3. The second-order valence-corrected chi connectivity index (χ2v) is 5.07. The lowest BCUT2D eigenvalue weighted by molar-refractivity contribution is 0.101. The van der Waals surface area contributed by atoms with Crippen LogP contribution in [0.3, 0.4) is 0 Å². The lowest BCUT2D eigenvalue weighted by Crippen LogP contribution is -2.44. The Labute approximate surface area is 101 Å². The highest BCUT2D eigenvalue weighted by Gasteiger charge is 2.41. The van der Waals surface area contributed by atoms with Gasteiger partial charge in [0.2, 0.25) is 0 Å². The van der Waals surface area contributed by atoms with Crippen molar-refractivity contribution in [1.82, 2.24) is 9.88 Å².